The van der Waals surface area contributed by atoms with E-state index in [0.717, 1.165) is 18.4 Å². The minimum atomic E-state index is -0.625. The van der Waals surface area contributed by atoms with E-state index in [-0.39, 0.29) is 24.6 Å². The number of nitrogens with zero attached hydrogens (tertiary/aromatic N) is 2. The molecule has 27 heavy (non-hydrogen) atoms. The summed E-state index contributed by atoms with van der Waals surface area (Å²) < 4.78 is 23.7. The molecular formula is C19H24FN3O4. The molecule has 146 valence electrons. The first kappa shape index (κ1) is 19.1. The van der Waals surface area contributed by atoms with Crippen LogP contribution in [0.3, 0.4) is 0 Å². The Labute approximate surface area is 157 Å². The molecule has 1 saturated carbocycles. The summed E-state index contributed by atoms with van der Waals surface area (Å²) in [5.74, 6) is 0.417. The Morgan fingerprint density at radius 3 is 2.81 bits per heavy atom. The van der Waals surface area contributed by atoms with Crippen molar-refractivity contribution in [3.05, 3.63) is 35.4 Å². The fourth-order valence-corrected chi connectivity index (χ4v) is 2.75. The minimum Gasteiger partial charge on any atom is -0.487 e. The van der Waals surface area contributed by atoms with Crippen LogP contribution in [0.15, 0.2) is 24.2 Å². The fourth-order valence-electron chi connectivity index (χ4n) is 2.75. The van der Waals surface area contributed by atoms with E-state index in [9.17, 15) is 14.0 Å². The van der Waals surface area contributed by atoms with Crippen LogP contribution in [-0.4, -0.2) is 46.7 Å². The summed E-state index contributed by atoms with van der Waals surface area (Å²) in [5, 5.41) is 2.48. The van der Waals surface area contributed by atoms with Crippen LogP contribution < -0.4 is 10.1 Å². The highest BCUT2D eigenvalue weighted by atomic mass is 19.1. The van der Waals surface area contributed by atoms with E-state index in [2.05, 4.69) is 10.3 Å². The molecule has 3 rings (SSSR count). The van der Waals surface area contributed by atoms with Crippen molar-refractivity contribution < 1.29 is 23.5 Å². The number of hydrogen-bond acceptors (Lipinski definition) is 5. The number of nitrogens with one attached hydrogen (secondary N) is 1. The second-order valence-electron chi connectivity index (χ2n) is 7.75. The second kappa shape index (κ2) is 7.54. The molecule has 1 aromatic rings. The monoisotopic (exact) mass is 377 g/mol. The lowest BCUT2D eigenvalue weighted by molar-refractivity contribution is 0.0531. The van der Waals surface area contributed by atoms with Gasteiger partial charge >= 0.3 is 6.09 Å². The molecule has 1 aromatic heterocycles. The Kier molecular flexibility index (Phi) is 5.34. The van der Waals surface area contributed by atoms with Gasteiger partial charge in [0.25, 0.3) is 5.91 Å². The number of pyridine rings is 1. The van der Waals surface area contributed by atoms with Crippen molar-refractivity contribution in [1.29, 1.82) is 0 Å². The molecule has 0 unspecified atom stereocenters. The van der Waals surface area contributed by atoms with Gasteiger partial charge in [0.2, 0.25) is 0 Å². The smallest absolute Gasteiger partial charge is 0.407 e. The van der Waals surface area contributed by atoms with Crippen molar-refractivity contribution in [2.24, 2.45) is 0 Å². The first-order valence-corrected chi connectivity index (χ1v) is 8.94. The molecule has 1 aliphatic heterocycles. The number of amides is 2. The van der Waals surface area contributed by atoms with E-state index in [1.54, 1.807) is 26.8 Å². The maximum Gasteiger partial charge on any atom is 0.407 e. The normalized spacial score (nSPS) is 17.0. The van der Waals surface area contributed by atoms with Gasteiger partial charge in [-0.1, -0.05) is 0 Å². The van der Waals surface area contributed by atoms with E-state index in [0.29, 0.717) is 30.4 Å². The average Bonchev–Trinajstić information content (AvgIpc) is 3.38. The number of halogens is 1. The van der Waals surface area contributed by atoms with Crippen LogP contribution in [-0.2, 0) is 11.3 Å². The quantitative estimate of drug-likeness (QED) is 0.824. The molecule has 2 aliphatic rings. The number of ether oxygens (including phenoxy) is 2. The SMILES string of the molecule is CC(C)(C)OC(=O)NCC(=CF)COc1cnc2c(c1)CN(C1CC1)C2=O. The molecule has 2 heterocycles. The van der Waals surface area contributed by atoms with Crippen LogP contribution in [0, 0.1) is 0 Å². The van der Waals surface area contributed by atoms with Crippen molar-refractivity contribution in [3.8, 4) is 5.75 Å². The lowest BCUT2D eigenvalue weighted by atomic mass is 10.2. The Morgan fingerprint density at radius 1 is 1.44 bits per heavy atom. The van der Waals surface area contributed by atoms with Crippen LogP contribution in [0.1, 0.15) is 49.7 Å². The van der Waals surface area contributed by atoms with Gasteiger partial charge in [0, 0.05) is 30.3 Å². The predicted molar refractivity (Wildman–Crippen MR) is 96.1 cm³/mol. The third-order valence-corrected chi connectivity index (χ3v) is 4.17. The molecule has 0 radical (unpaired) electrons. The van der Waals surface area contributed by atoms with E-state index in [1.165, 1.54) is 6.20 Å². The highest BCUT2D eigenvalue weighted by Crippen LogP contribution is 2.34. The summed E-state index contributed by atoms with van der Waals surface area (Å²) in [7, 11) is 0. The molecule has 8 heteroatoms. The van der Waals surface area contributed by atoms with Crippen molar-refractivity contribution in [2.75, 3.05) is 13.2 Å². The molecule has 1 fully saturated rings. The zero-order valence-electron chi connectivity index (χ0n) is 15.8. The number of rotatable bonds is 6. The number of aromatic nitrogens is 1. The maximum atomic E-state index is 13.1. The number of hydrogen-bond donors (Lipinski definition) is 1. The zero-order chi connectivity index (χ0) is 19.6. The lowest BCUT2D eigenvalue weighted by Gasteiger charge is -2.20. The van der Waals surface area contributed by atoms with Crippen LogP contribution in [0.5, 0.6) is 5.75 Å². The summed E-state index contributed by atoms with van der Waals surface area (Å²) in [6.07, 6.45) is 3.32. The van der Waals surface area contributed by atoms with E-state index >= 15 is 0 Å². The first-order valence-electron chi connectivity index (χ1n) is 8.94. The van der Waals surface area contributed by atoms with E-state index < -0.39 is 11.7 Å². The van der Waals surface area contributed by atoms with Crippen LogP contribution >= 0.6 is 0 Å². The summed E-state index contributed by atoms with van der Waals surface area (Å²) in [6, 6.07) is 2.09. The van der Waals surface area contributed by atoms with Gasteiger partial charge in [-0.2, -0.15) is 0 Å². The zero-order valence-corrected chi connectivity index (χ0v) is 15.8. The topological polar surface area (TPSA) is 80.8 Å². The van der Waals surface area contributed by atoms with Crippen LogP contribution in [0.2, 0.25) is 0 Å². The average molecular weight is 377 g/mol. The van der Waals surface area contributed by atoms with Gasteiger partial charge in [-0.25, -0.2) is 14.2 Å². The number of alkyl carbamates (subject to hydrolysis) is 1. The number of carbonyl (C=O) groups excluding carboxylic acids is 2. The summed E-state index contributed by atoms with van der Waals surface area (Å²) in [5.41, 5.74) is 0.906. The van der Waals surface area contributed by atoms with Crippen LogP contribution in [0.4, 0.5) is 9.18 Å². The molecule has 1 N–H and O–H groups in total. The summed E-state index contributed by atoms with van der Waals surface area (Å²) in [4.78, 5) is 29.9. The molecule has 0 aromatic carbocycles. The molecule has 0 saturated heterocycles. The Balaban J connectivity index is 1.51. The van der Waals surface area contributed by atoms with Crippen molar-refractivity contribution in [2.45, 2.75) is 51.8 Å². The molecular weight excluding hydrogens is 353 g/mol. The van der Waals surface area contributed by atoms with Gasteiger partial charge in [0.15, 0.2) is 0 Å². The Morgan fingerprint density at radius 2 is 2.19 bits per heavy atom. The Hall–Kier alpha value is -2.64. The highest BCUT2D eigenvalue weighted by Gasteiger charge is 2.39. The van der Waals surface area contributed by atoms with Gasteiger partial charge in [-0.3, -0.25) is 4.79 Å². The van der Waals surface area contributed by atoms with E-state index in [4.69, 9.17) is 9.47 Å². The first-order chi connectivity index (χ1) is 12.8. The standard InChI is InChI=1S/C19H24FN3O4/c1-19(2,3)27-18(25)22-8-12(7-20)11-26-15-6-13-10-23(14-4-5-14)17(24)16(13)21-9-15/h6-7,9,14H,4-5,8,10-11H2,1-3H3,(H,22,25). The van der Waals surface area contributed by atoms with Crippen LogP contribution in [0.25, 0.3) is 0 Å². The molecule has 0 atom stereocenters. The van der Waals surface area contributed by atoms with Crippen molar-refractivity contribution in [3.63, 3.8) is 0 Å². The third-order valence-electron chi connectivity index (χ3n) is 4.17. The van der Waals surface area contributed by atoms with Crippen molar-refractivity contribution >= 4 is 12.0 Å². The second-order valence-corrected chi connectivity index (χ2v) is 7.75. The predicted octanol–water partition coefficient (Wildman–Crippen LogP) is 2.96. The van der Waals surface area contributed by atoms with Gasteiger partial charge in [0.1, 0.15) is 23.7 Å². The minimum absolute atomic E-state index is 0.0300. The fraction of sp³-hybridized carbons (Fsp3) is 0.526. The van der Waals surface area contributed by atoms with Gasteiger partial charge in [-0.05, 0) is 39.7 Å². The summed E-state index contributed by atoms with van der Waals surface area (Å²) in [6.45, 7) is 5.70. The number of fused-ring (bicyclic) bond motifs is 1. The van der Waals surface area contributed by atoms with Gasteiger partial charge in [-0.15, -0.1) is 0 Å². The molecule has 1 aliphatic carbocycles. The van der Waals surface area contributed by atoms with Crippen molar-refractivity contribution in [1.82, 2.24) is 15.2 Å². The third kappa shape index (κ3) is 4.96. The van der Waals surface area contributed by atoms with E-state index in [1.807, 2.05) is 4.90 Å². The van der Waals surface area contributed by atoms with Gasteiger partial charge in [0.05, 0.1) is 12.5 Å². The molecule has 2 amide bonds. The maximum absolute atomic E-state index is 13.1. The largest absolute Gasteiger partial charge is 0.487 e. The lowest BCUT2D eigenvalue weighted by Crippen LogP contribution is -2.34. The molecule has 0 spiro atoms. The Bertz CT molecular complexity index is 769. The van der Waals surface area contributed by atoms with Gasteiger partial charge < -0.3 is 19.7 Å². The molecule has 0 bridgehead atoms. The summed E-state index contributed by atoms with van der Waals surface area (Å²) >= 11 is 0. The molecule has 7 nitrogen and oxygen atoms in total. The highest BCUT2D eigenvalue weighted by molar-refractivity contribution is 5.96. The number of carbonyl (C=O) groups is 2.